The van der Waals surface area contributed by atoms with Crippen LogP contribution in [-0.2, 0) is 6.54 Å². The second-order valence-corrected chi connectivity index (χ2v) is 5.79. The lowest BCUT2D eigenvalue weighted by Crippen LogP contribution is -2.28. The van der Waals surface area contributed by atoms with Crippen molar-refractivity contribution in [3.63, 3.8) is 0 Å². The van der Waals surface area contributed by atoms with Crippen LogP contribution in [0.3, 0.4) is 0 Å². The molecule has 18 heavy (non-hydrogen) atoms. The first-order valence-corrected chi connectivity index (χ1v) is 6.88. The van der Waals surface area contributed by atoms with Crippen molar-refractivity contribution in [2.24, 2.45) is 11.7 Å². The third-order valence-corrected chi connectivity index (χ3v) is 4.24. The molecular formula is C13H17BrF2N2. The summed E-state index contributed by atoms with van der Waals surface area (Å²) in [7, 11) is 0. The minimum absolute atomic E-state index is 0.133. The summed E-state index contributed by atoms with van der Waals surface area (Å²) >= 11 is 3.09. The van der Waals surface area contributed by atoms with Crippen LogP contribution in [0.1, 0.15) is 18.9 Å². The summed E-state index contributed by atoms with van der Waals surface area (Å²) in [6.07, 6.45) is 0.994. The predicted molar refractivity (Wildman–Crippen MR) is 71.1 cm³/mol. The van der Waals surface area contributed by atoms with Crippen LogP contribution in [0.5, 0.6) is 0 Å². The molecule has 0 bridgehead atoms. The van der Waals surface area contributed by atoms with E-state index in [0.717, 1.165) is 13.0 Å². The smallest absolute Gasteiger partial charge is 0.144 e. The van der Waals surface area contributed by atoms with Crippen LogP contribution in [0.25, 0.3) is 0 Å². The number of nitrogens with zero attached hydrogens (tertiary/aromatic N) is 1. The highest BCUT2D eigenvalue weighted by Crippen LogP contribution is 2.28. The second kappa shape index (κ2) is 5.63. The van der Waals surface area contributed by atoms with Crippen molar-refractivity contribution >= 4 is 15.9 Å². The highest BCUT2D eigenvalue weighted by Gasteiger charge is 2.29. The van der Waals surface area contributed by atoms with Crippen molar-refractivity contribution in [2.45, 2.75) is 25.9 Å². The van der Waals surface area contributed by atoms with Crippen LogP contribution in [-0.4, -0.2) is 24.0 Å². The third kappa shape index (κ3) is 2.73. The van der Waals surface area contributed by atoms with Gasteiger partial charge in [-0.3, -0.25) is 4.90 Å². The van der Waals surface area contributed by atoms with Gasteiger partial charge in [0.2, 0.25) is 0 Å². The van der Waals surface area contributed by atoms with Gasteiger partial charge < -0.3 is 5.73 Å². The average molecular weight is 319 g/mol. The summed E-state index contributed by atoms with van der Waals surface area (Å²) in [4.78, 5) is 2.09. The number of likely N-dealkylation sites (tertiary alicyclic amines) is 1. The van der Waals surface area contributed by atoms with E-state index in [1.54, 1.807) is 0 Å². The maximum atomic E-state index is 13.9. The molecule has 2 N–H and O–H groups in total. The van der Waals surface area contributed by atoms with E-state index in [9.17, 15) is 8.78 Å². The van der Waals surface area contributed by atoms with Crippen molar-refractivity contribution in [2.75, 3.05) is 13.1 Å². The normalized spacial score (nSPS) is 24.7. The Morgan fingerprint density at radius 2 is 2.17 bits per heavy atom. The number of hydrogen-bond donors (Lipinski definition) is 1. The SMILES string of the molecule is CC1CC(CN)CN1Cc1c(F)ccc(Br)c1F. The van der Waals surface area contributed by atoms with Gasteiger partial charge in [-0.2, -0.15) is 0 Å². The third-order valence-electron chi connectivity index (χ3n) is 3.62. The maximum absolute atomic E-state index is 13.9. The molecule has 1 aromatic rings. The standard InChI is InChI=1S/C13H17BrF2N2/c1-8-4-9(5-17)6-18(8)7-10-12(15)3-2-11(14)13(10)16/h2-3,8-9H,4-7,17H2,1H3. The highest BCUT2D eigenvalue weighted by molar-refractivity contribution is 9.10. The van der Waals surface area contributed by atoms with E-state index in [4.69, 9.17) is 5.73 Å². The Bertz CT molecular complexity index is 439. The molecule has 2 unspecified atom stereocenters. The quantitative estimate of drug-likeness (QED) is 0.868. The summed E-state index contributed by atoms with van der Waals surface area (Å²) in [5.74, 6) is -0.559. The molecule has 1 fully saturated rings. The fourth-order valence-electron chi connectivity index (χ4n) is 2.53. The summed E-state index contributed by atoms with van der Waals surface area (Å²) in [5.41, 5.74) is 5.79. The molecule has 0 aliphatic carbocycles. The van der Waals surface area contributed by atoms with Gasteiger partial charge in [0, 0.05) is 24.7 Å². The van der Waals surface area contributed by atoms with Gasteiger partial charge >= 0.3 is 0 Å². The number of nitrogens with two attached hydrogens (primary N) is 1. The first-order chi connectivity index (χ1) is 8.52. The molecule has 0 aromatic heterocycles. The van der Waals surface area contributed by atoms with E-state index in [2.05, 4.69) is 27.8 Å². The fourth-order valence-corrected chi connectivity index (χ4v) is 2.90. The van der Waals surface area contributed by atoms with Gasteiger partial charge in [-0.15, -0.1) is 0 Å². The van der Waals surface area contributed by atoms with Gasteiger partial charge in [0.25, 0.3) is 0 Å². The van der Waals surface area contributed by atoms with E-state index < -0.39 is 11.6 Å². The predicted octanol–water partition coefficient (Wildman–Crippen LogP) is 2.90. The summed E-state index contributed by atoms with van der Waals surface area (Å²) in [6.45, 7) is 3.81. The first kappa shape index (κ1) is 13.9. The number of benzene rings is 1. The highest BCUT2D eigenvalue weighted by atomic mass is 79.9. The van der Waals surface area contributed by atoms with Crippen molar-refractivity contribution in [1.29, 1.82) is 0 Å². The molecule has 100 valence electrons. The Hall–Kier alpha value is -0.520. The molecule has 2 nitrogen and oxygen atoms in total. The molecule has 1 heterocycles. The summed E-state index contributed by atoms with van der Waals surface area (Å²) in [6, 6.07) is 3.00. The van der Waals surface area contributed by atoms with Gasteiger partial charge in [0.15, 0.2) is 0 Å². The van der Waals surface area contributed by atoms with Crippen molar-refractivity contribution in [3.05, 3.63) is 33.8 Å². The molecule has 1 aliphatic rings. The fraction of sp³-hybridized carbons (Fsp3) is 0.538. The Labute approximate surface area is 114 Å². The zero-order valence-electron chi connectivity index (χ0n) is 10.3. The number of halogens is 3. The van der Waals surface area contributed by atoms with E-state index in [-0.39, 0.29) is 5.56 Å². The lowest BCUT2D eigenvalue weighted by Gasteiger charge is -2.21. The molecule has 1 saturated heterocycles. The number of hydrogen-bond acceptors (Lipinski definition) is 2. The lowest BCUT2D eigenvalue weighted by molar-refractivity contribution is 0.248. The summed E-state index contributed by atoms with van der Waals surface area (Å²) < 4.78 is 27.9. The zero-order valence-corrected chi connectivity index (χ0v) is 11.9. The molecule has 5 heteroatoms. The van der Waals surface area contributed by atoms with E-state index in [0.29, 0.717) is 29.5 Å². The van der Waals surface area contributed by atoms with Crippen molar-refractivity contribution < 1.29 is 8.78 Å². The van der Waals surface area contributed by atoms with Crippen LogP contribution in [0.15, 0.2) is 16.6 Å². The van der Waals surface area contributed by atoms with Gasteiger partial charge in [0.05, 0.1) is 4.47 Å². The Kier molecular flexibility index (Phi) is 4.35. The van der Waals surface area contributed by atoms with Crippen molar-refractivity contribution in [1.82, 2.24) is 4.90 Å². The van der Waals surface area contributed by atoms with Gasteiger partial charge in [-0.05, 0) is 53.9 Å². The molecular weight excluding hydrogens is 302 g/mol. The van der Waals surface area contributed by atoms with E-state index >= 15 is 0 Å². The molecule has 0 saturated carbocycles. The first-order valence-electron chi connectivity index (χ1n) is 6.09. The van der Waals surface area contributed by atoms with E-state index in [1.807, 2.05) is 0 Å². The van der Waals surface area contributed by atoms with Crippen molar-refractivity contribution in [3.8, 4) is 0 Å². The van der Waals surface area contributed by atoms with Crippen LogP contribution in [0.4, 0.5) is 8.78 Å². The topological polar surface area (TPSA) is 29.3 Å². The minimum Gasteiger partial charge on any atom is -0.330 e. The molecule has 0 amide bonds. The Morgan fingerprint density at radius 3 is 2.78 bits per heavy atom. The maximum Gasteiger partial charge on any atom is 0.144 e. The monoisotopic (exact) mass is 318 g/mol. The molecule has 2 rings (SSSR count). The van der Waals surface area contributed by atoms with Crippen LogP contribution < -0.4 is 5.73 Å². The number of rotatable bonds is 3. The Balaban J connectivity index is 2.17. The van der Waals surface area contributed by atoms with Crippen LogP contribution in [0.2, 0.25) is 0 Å². The molecule has 2 atom stereocenters. The molecule has 1 aliphatic heterocycles. The zero-order chi connectivity index (χ0) is 13.3. The lowest BCUT2D eigenvalue weighted by atomic mass is 10.1. The van der Waals surface area contributed by atoms with Gasteiger partial charge in [0.1, 0.15) is 11.6 Å². The molecule has 0 radical (unpaired) electrons. The van der Waals surface area contributed by atoms with Gasteiger partial charge in [-0.25, -0.2) is 8.78 Å². The molecule has 1 aromatic carbocycles. The van der Waals surface area contributed by atoms with Crippen LogP contribution >= 0.6 is 15.9 Å². The average Bonchev–Trinajstić information content (AvgIpc) is 2.70. The second-order valence-electron chi connectivity index (χ2n) is 4.94. The van der Waals surface area contributed by atoms with Crippen LogP contribution in [0, 0.1) is 17.6 Å². The van der Waals surface area contributed by atoms with Gasteiger partial charge in [-0.1, -0.05) is 0 Å². The Morgan fingerprint density at radius 1 is 1.44 bits per heavy atom. The summed E-state index contributed by atoms with van der Waals surface area (Å²) in [5, 5.41) is 0. The minimum atomic E-state index is -0.501. The molecule has 0 spiro atoms. The largest absolute Gasteiger partial charge is 0.330 e. The van der Waals surface area contributed by atoms with E-state index in [1.165, 1.54) is 12.1 Å².